The molecule has 0 aliphatic carbocycles. The first-order valence-corrected chi connectivity index (χ1v) is 9.02. The van der Waals surface area contributed by atoms with Crippen LogP contribution in [0.5, 0.6) is 0 Å². The molecule has 0 bridgehead atoms. The molecular formula is F4Si4. The van der Waals surface area contributed by atoms with Gasteiger partial charge in [-0.3, -0.25) is 0 Å². The Bertz CT molecular complexity index is 50.8. The lowest BCUT2D eigenvalue weighted by atomic mass is 18.9. The van der Waals surface area contributed by atoms with Gasteiger partial charge in [0.05, 0.1) is 0 Å². The Labute approximate surface area is 52.2 Å². The minimum atomic E-state index is -4.09. The monoisotopic (exact) mass is 188 g/mol. The lowest BCUT2D eigenvalue weighted by molar-refractivity contribution is 0.798. The molecule has 0 fully saturated rings. The fourth-order valence-electron chi connectivity index (χ4n) is 0.0536. The van der Waals surface area contributed by atoms with E-state index in [0.29, 0.717) is 0 Å². The number of hydrogen-bond donors (Lipinski definition) is 0. The van der Waals surface area contributed by atoms with E-state index in [1.165, 1.54) is 0 Å². The second kappa shape index (κ2) is 3.58. The van der Waals surface area contributed by atoms with E-state index < -0.39 is 35.1 Å². The van der Waals surface area contributed by atoms with Crippen molar-refractivity contribution < 1.29 is 16.4 Å². The standard InChI is InChI=1S/F4Si4/c1-5-8(4,6-2)7-3. The molecular weight excluding hydrogens is 188 g/mol. The second-order valence-electron chi connectivity index (χ2n) is 0.942. The second-order valence-corrected chi connectivity index (χ2v) is 15.2. The maximum Gasteiger partial charge on any atom is 0.316 e. The van der Waals surface area contributed by atoms with Crippen LogP contribution in [0.25, 0.3) is 0 Å². The molecule has 8 heavy (non-hydrogen) atoms. The van der Waals surface area contributed by atoms with Gasteiger partial charge in [-0.1, -0.05) is 0 Å². The van der Waals surface area contributed by atoms with Gasteiger partial charge in [-0.15, -0.1) is 0 Å². The first-order valence-electron chi connectivity index (χ1n) is 1.51. The number of rotatable bonds is 3. The van der Waals surface area contributed by atoms with Crippen molar-refractivity contribution in [3.63, 3.8) is 0 Å². The topological polar surface area (TPSA) is 0 Å². The van der Waals surface area contributed by atoms with E-state index in [1.807, 2.05) is 0 Å². The van der Waals surface area contributed by atoms with Crippen LogP contribution >= 0.6 is 0 Å². The minimum absolute atomic E-state index is 1.65. The average Bonchev–Trinajstić information content (AvgIpc) is 1.87. The molecule has 0 nitrogen and oxygen atoms in total. The van der Waals surface area contributed by atoms with Gasteiger partial charge in [-0.25, -0.2) is 0 Å². The summed E-state index contributed by atoms with van der Waals surface area (Å²) in [6.07, 6.45) is 0. The normalized spacial score (nSPS) is 12.0. The minimum Gasteiger partial charge on any atom is -0.316 e. The zero-order valence-corrected chi connectivity index (χ0v) is 7.51. The number of halogens is 4. The van der Waals surface area contributed by atoms with Gasteiger partial charge in [0.25, 0.3) is 0 Å². The Kier molecular flexibility index (Phi) is 3.85. The molecule has 0 heterocycles. The van der Waals surface area contributed by atoms with Gasteiger partial charge >= 0.3 is 35.1 Å². The van der Waals surface area contributed by atoms with E-state index in [0.717, 1.165) is 0 Å². The van der Waals surface area contributed by atoms with Gasteiger partial charge < -0.3 is 16.4 Å². The van der Waals surface area contributed by atoms with Gasteiger partial charge in [-0.2, -0.15) is 0 Å². The highest BCUT2D eigenvalue weighted by atomic mass is 29.9. The quantitative estimate of drug-likeness (QED) is 0.336. The lowest BCUT2D eigenvalue weighted by Gasteiger charge is -2.01. The molecule has 0 N–H and O–H groups in total. The maximum absolute atomic E-state index is 12.0. The van der Waals surface area contributed by atoms with Crippen molar-refractivity contribution in [2.45, 2.75) is 0 Å². The van der Waals surface area contributed by atoms with E-state index in [4.69, 9.17) is 0 Å². The Balaban J connectivity index is 3.58. The molecule has 0 atom stereocenters. The zero-order valence-electron chi connectivity index (χ0n) is 3.51. The summed E-state index contributed by atoms with van der Waals surface area (Å²) >= 11 is 0. The molecule has 44 valence electrons. The van der Waals surface area contributed by atoms with Crippen LogP contribution in [-0.4, -0.2) is 35.1 Å². The van der Waals surface area contributed by atoms with Crippen LogP contribution in [0.2, 0.25) is 0 Å². The average molecular weight is 188 g/mol. The molecule has 0 aromatic rings. The predicted octanol–water partition coefficient (Wildman–Crippen LogP) is 0.158. The van der Waals surface area contributed by atoms with Crippen LogP contribution in [0.3, 0.4) is 0 Å². The summed E-state index contributed by atoms with van der Waals surface area (Å²) in [5.41, 5.74) is 0. The molecule has 0 saturated heterocycles. The van der Waals surface area contributed by atoms with Crippen LogP contribution in [0, 0.1) is 0 Å². The maximum atomic E-state index is 12.0. The first-order chi connectivity index (χ1) is 3.68. The summed E-state index contributed by atoms with van der Waals surface area (Å²) in [6.45, 7) is -4.09. The van der Waals surface area contributed by atoms with Gasteiger partial charge in [0.2, 0.25) is 0 Å². The van der Waals surface area contributed by atoms with Crippen molar-refractivity contribution >= 4 is 35.1 Å². The molecule has 0 aliphatic rings. The lowest BCUT2D eigenvalue weighted by Crippen LogP contribution is -2.46. The van der Waals surface area contributed by atoms with Crippen LogP contribution in [-0.2, 0) is 0 Å². The zero-order chi connectivity index (χ0) is 6.62. The Morgan fingerprint density at radius 1 is 0.875 bits per heavy atom. The molecule has 0 amide bonds. The molecule has 0 aromatic carbocycles. The van der Waals surface area contributed by atoms with E-state index >= 15 is 0 Å². The third kappa shape index (κ3) is 2.24. The van der Waals surface area contributed by atoms with Gasteiger partial charge in [0.1, 0.15) is 0 Å². The number of hydrogen-bond acceptors (Lipinski definition) is 0. The van der Waals surface area contributed by atoms with E-state index in [1.54, 1.807) is 0 Å². The molecule has 0 spiro atoms. The van der Waals surface area contributed by atoms with Gasteiger partial charge in [0.15, 0.2) is 0 Å². The first kappa shape index (κ1) is 8.59. The molecule has 6 radical (unpaired) electrons. The van der Waals surface area contributed by atoms with Crippen molar-refractivity contribution in [2.75, 3.05) is 0 Å². The smallest absolute Gasteiger partial charge is 0.316 e. The van der Waals surface area contributed by atoms with Crippen molar-refractivity contribution in [2.24, 2.45) is 0 Å². The molecule has 0 unspecified atom stereocenters. The van der Waals surface area contributed by atoms with Crippen LogP contribution in [0.4, 0.5) is 16.4 Å². The third-order valence-corrected chi connectivity index (χ3v) is 8.62. The highest BCUT2D eigenvalue weighted by molar-refractivity contribution is 7.64. The van der Waals surface area contributed by atoms with E-state index in [2.05, 4.69) is 0 Å². The Morgan fingerprint density at radius 3 is 1.12 bits per heavy atom. The van der Waals surface area contributed by atoms with Gasteiger partial charge in [0, 0.05) is 0 Å². The van der Waals surface area contributed by atoms with Crippen molar-refractivity contribution in [1.82, 2.24) is 0 Å². The molecule has 0 rings (SSSR count). The summed E-state index contributed by atoms with van der Waals surface area (Å²) in [7, 11) is -4.95. The van der Waals surface area contributed by atoms with Crippen LogP contribution in [0.15, 0.2) is 0 Å². The summed E-state index contributed by atoms with van der Waals surface area (Å²) in [4.78, 5) is 0. The van der Waals surface area contributed by atoms with Crippen molar-refractivity contribution in [3.05, 3.63) is 0 Å². The predicted molar refractivity (Wildman–Crippen MR) is 27.4 cm³/mol. The Morgan fingerprint density at radius 2 is 1.12 bits per heavy atom. The summed E-state index contributed by atoms with van der Waals surface area (Å²) in [6, 6.07) is 0. The van der Waals surface area contributed by atoms with Crippen LogP contribution in [0.1, 0.15) is 0 Å². The molecule has 0 aromatic heterocycles. The largest absolute Gasteiger partial charge is 0.316 e. The fraction of sp³-hybridized carbons (Fsp3) is 0. The summed E-state index contributed by atoms with van der Waals surface area (Å²) in [5.74, 6) is 0. The third-order valence-electron chi connectivity index (χ3n) is 0.391. The Hall–Kier alpha value is 0.588. The summed E-state index contributed by atoms with van der Waals surface area (Å²) < 4.78 is 45.9. The molecule has 0 saturated carbocycles. The fourth-order valence-corrected chi connectivity index (χ4v) is 1.45. The van der Waals surface area contributed by atoms with Gasteiger partial charge in [-0.05, 0) is 0 Å². The molecule has 8 heteroatoms. The van der Waals surface area contributed by atoms with Crippen molar-refractivity contribution in [3.8, 4) is 0 Å². The van der Waals surface area contributed by atoms with E-state index in [9.17, 15) is 16.4 Å². The van der Waals surface area contributed by atoms with E-state index in [-0.39, 0.29) is 0 Å². The van der Waals surface area contributed by atoms with Crippen LogP contribution < -0.4 is 0 Å². The highest BCUT2D eigenvalue weighted by Gasteiger charge is 2.42. The SMILES string of the molecule is F[Si][Si](F)([Si]F)[Si]F. The highest BCUT2D eigenvalue weighted by Crippen LogP contribution is 1.99. The van der Waals surface area contributed by atoms with Crippen molar-refractivity contribution in [1.29, 1.82) is 0 Å². The summed E-state index contributed by atoms with van der Waals surface area (Å²) in [5, 5.41) is 0. The molecule has 0 aliphatic heterocycles.